The van der Waals surface area contributed by atoms with Crippen LogP contribution in [0.3, 0.4) is 0 Å². The van der Waals surface area contributed by atoms with Crippen molar-refractivity contribution in [3.05, 3.63) is 47.5 Å². The molecule has 2 rings (SSSR count). The molecule has 2 amide bonds. The van der Waals surface area contributed by atoms with Gasteiger partial charge in [-0.25, -0.2) is 17.1 Å². The largest absolute Gasteiger partial charge is 0.366 e. The van der Waals surface area contributed by atoms with Gasteiger partial charge in [0.05, 0.1) is 5.56 Å². The van der Waals surface area contributed by atoms with E-state index in [0.29, 0.717) is 0 Å². The summed E-state index contributed by atoms with van der Waals surface area (Å²) in [6.07, 6.45) is 1.18. The predicted octanol–water partition coefficient (Wildman–Crippen LogP) is 0.755. The van der Waals surface area contributed by atoms with Crippen LogP contribution < -0.4 is 11.1 Å². The third-order valence-corrected chi connectivity index (χ3v) is 4.96. The first-order valence-corrected chi connectivity index (χ1v) is 8.08. The average molecular weight is 354 g/mol. The lowest BCUT2D eigenvalue weighted by Gasteiger charge is -2.08. The Morgan fingerprint density at radius 2 is 1.92 bits per heavy atom. The van der Waals surface area contributed by atoms with Crippen LogP contribution in [0.2, 0.25) is 0 Å². The van der Waals surface area contributed by atoms with Gasteiger partial charge in [-0.15, -0.1) is 0 Å². The van der Waals surface area contributed by atoms with Crippen molar-refractivity contribution in [2.24, 2.45) is 5.73 Å². The third kappa shape index (κ3) is 3.44. The summed E-state index contributed by atoms with van der Waals surface area (Å²) in [5.74, 6) is -2.43. The Bertz CT molecular complexity index is 905. The molecular formula is C14H15FN4O4S. The summed E-state index contributed by atoms with van der Waals surface area (Å²) >= 11 is 0. The van der Waals surface area contributed by atoms with Gasteiger partial charge in [-0.05, 0) is 24.3 Å². The van der Waals surface area contributed by atoms with Crippen molar-refractivity contribution in [1.29, 1.82) is 0 Å². The van der Waals surface area contributed by atoms with Gasteiger partial charge in [0.2, 0.25) is 10.0 Å². The van der Waals surface area contributed by atoms with E-state index >= 15 is 0 Å². The fourth-order valence-electron chi connectivity index (χ4n) is 1.86. The minimum absolute atomic E-state index is 0.0135. The predicted molar refractivity (Wildman–Crippen MR) is 84.5 cm³/mol. The quantitative estimate of drug-likeness (QED) is 0.733. The highest BCUT2D eigenvalue weighted by atomic mass is 32.2. The molecule has 0 aliphatic carbocycles. The van der Waals surface area contributed by atoms with E-state index in [0.717, 1.165) is 16.4 Å². The number of nitrogens with zero attached hydrogens (tertiary/aromatic N) is 1. The van der Waals surface area contributed by atoms with Crippen molar-refractivity contribution in [3.8, 4) is 0 Å². The molecule has 0 radical (unpaired) electrons. The van der Waals surface area contributed by atoms with Crippen molar-refractivity contribution in [3.63, 3.8) is 0 Å². The van der Waals surface area contributed by atoms with Crippen LogP contribution in [0.1, 0.15) is 20.8 Å². The lowest BCUT2D eigenvalue weighted by molar-refractivity contribution is 0.0992. The first kappa shape index (κ1) is 17.6. The van der Waals surface area contributed by atoms with Crippen molar-refractivity contribution >= 4 is 27.5 Å². The van der Waals surface area contributed by atoms with Crippen LogP contribution in [0.15, 0.2) is 35.4 Å². The Balaban J connectivity index is 2.24. The molecule has 2 aromatic rings. The number of H-pyrrole nitrogens is 1. The molecule has 1 heterocycles. The van der Waals surface area contributed by atoms with E-state index in [-0.39, 0.29) is 21.8 Å². The molecule has 0 saturated carbocycles. The maximum absolute atomic E-state index is 13.4. The van der Waals surface area contributed by atoms with Crippen molar-refractivity contribution in [2.45, 2.75) is 4.90 Å². The Morgan fingerprint density at radius 3 is 2.50 bits per heavy atom. The topological polar surface area (TPSA) is 125 Å². The number of hydrogen-bond donors (Lipinski definition) is 3. The second-order valence-electron chi connectivity index (χ2n) is 5.05. The van der Waals surface area contributed by atoms with Crippen molar-refractivity contribution < 1.29 is 22.4 Å². The summed E-state index contributed by atoms with van der Waals surface area (Å²) < 4.78 is 38.3. The lowest BCUT2D eigenvalue weighted by Crippen LogP contribution is -2.21. The fraction of sp³-hybridized carbons (Fsp3) is 0.143. The standard InChI is InChI=1S/C14H15FN4O4S/c1-19(2)24(22,23)9-6-12(17-7-9)14(21)18-8-3-4-11(15)10(5-8)13(16)20/h3-7,17H,1-2H3,(H2,16,20)(H,18,21). The molecule has 1 aromatic carbocycles. The maximum Gasteiger partial charge on any atom is 0.272 e. The summed E-state index contributed by atoms with van der Waals surface area (Å²) in [5, 5.41) is 2.42. The van der Waals surface area contributed by atoms with Crippen LogP contribution in [0.25, 0.3) is 0 Å². The molecule has 0 atom stereocenters. The number of anilines is 1. The normalized spacial score (nSPS) is 11.5. The van der Waals surface area contributed by atoms with Gasteiger partial charge < -0.3 is 16.0 Å². The van der Waals surface area contributed by atoms with Gasteiger partial charge in [-0.1, -0.05) is 0 Å². The highest BCUT2D eigenvalue weighted by Crippen LogP contribution is 2.17. The molecule has 10 heteroatoms. The molecular weight excluding hydrogens is 339 g/mol. The summed E-state index contributed by atoms with van der Waals surface area (Å²) in [5.41, 5.74) is 4.80. The number of nitrogens with one attached hydrogen (secondary N) is 2. The number of nitrogens with two attached hydrogens (primary N) is 1. The Labute approximate surface area is 137 Å². The number of carbonyl (C=O) groups excluding carboxylic acids is 2. The molecule has 24 heavy (non-hydrogen) atoms. The van der Waals surface area contributed by atoms with E-state index < -0.39 is 27.7 Å². The van der Waals surface area contributed by atoms with Gasteiger partial charge in [0.1, 0.15) is 16.4 Å². The summed E-state index contributed by atoms with van der Waals surface area (Å²) in [6.45, 7) is 0. The number of benzene rings is 1. The Morgan fingerprint density at radius 1 is 1.25 bits per heavy atom. The SMILES string of the molecule is CN(C)S(=O)(=O)c1c[nH]c(C(=O)Nc2ccc(F)c(C(N)=O)c2)c1. The monoisotopic (exact) mass is 354 g/mol. The molecule has 1 aromatic heterocycles. The second-order valence-corrected chi connectivity index (χ2v) is 7.20. The Hall–Kier alpha value is -2.72. The van der Waals surface area contributed by atoms with E-state index in [1.54, 1.807) is 0 Å². The molecule has 0 unspecified atom stereocenters. The third-order valence-electron chi connectivity index (χ3n) is 3.17. The maximum atomic E-state index is 13.4. The van der Waals surface area contributed by atoms with Crippen LogP contribution in [0.4, 0.5) is 10.1 Å². The Kier molecular flexibility index (Phi) is 4.71. The number of sulfonamides is 1. The van der Waals surface area contributed by atoms with Crippen LogP contribution in [-0.2, 0) is 10.0 Å². The number of aromatic nitrogens is 1. The number of amides is 2. The number of hydrogen-bond acceptors (Lipinski definition) is 4. The second kappa shape index (κ2) is 6.42. The van der Waals surface area contributed by atoms with Gasteiger partial charge >= 0.3 is 0 Å². The molecule has 0 spiro atoms. The first-order chi connectivity index (χ1) is 11.1. The van der Waals surface area contributed by atoms with Gasteiger partial charge in [-0.2, -0.15) is 0 Å². The molecule has 4 N–H and O–H groups in total. The molecule has 0 aliphatic heterocycles. The minimum atomic E-state index is -3.67. The smallest absolute Gasteiger partial charge is 0.272 e. The van der Waals surface area contributed by atoms with Gasteiger partial charge in [0.15, 0.2) is 0 Å². The summed E-state index contributed by atoms with van der Waals surface area (Å²) in [4.78, 5) is 25.7. The molecule has 0 fully saturated rings. The van der Waals surface area contributed by atoms with E-state index in [9.17, 15) is 22.4 Å². The molecule has 0 saturated heterocycles. The number of carbonyl (C=O) groups is 2. The van der Waals surface area contributed by atoms with Gasteiger partial charge in [-0.3, -0.25) is 9.59 Å². The zero-order valence-electron chi connectivity index (χ0n) is 12.8. The van der Waals surface area contributed by atoms with Crippen LogP contribution >= 0.6 is 0 Å². The van der Waals surface area contributed by atoms with E-state index in [2.05, 4.69) is 10.3 Å². The molecule has 0 bridgehead atoms. The zero-order chi connectivity index (χ0) is 18.1. The van der Waals surface area contributed by atoms with E-state index in [1.165, 1.54) is 32.4 Å². The van der Waals surface area contributed by atoms with Crippen LogP contribution in [0, 0.1) is 5.82 Å². The van der Waals surface area contributed by atoms with E-state index in [1.807, 2.05) is 0 Å². The highest BCUT2D eigenvalue weighted by Gasteiger charge is 2.21. The van der Waals surface area contributed by atoms with Gasteiger partial charge in [0, 0.05) is 26.0 Å². The highest BCUT2D eigenvalue weighted by molar-refractivity contribution is 7.89. The zero-order valence-corrected chi connectivity index (χ0v) is 13.6. The number of aromatic amines is 1. The molecule has 0 aliphatic rings. The fourth-order valence-corrected chi connectivity index (χ4v) is 2.75. The molecule has 8 nitrogen and oxygen atoms in total. The van der Waals surface area contributed by atoms with Gasteiger partial charge in [0.25, 0.3) is 11.8 Å². The number of halogens is 1. The minimum Gasteiger partial charge on any atom is -0.366 e. The number of rotatable bonds is 5. The molecule has 128 valence electrons. The summed E-state index contributed by atoms with van der Waals surface area (Å²) in [7, 11) is -0.941. The van der Waals surface area contributed by atoms with E-state index in [4.69, 9.17) is 5.73 Å². The first-order valence-electron chi connectivity index (χ1n) is 6.64. The van der Waals surface area contributed by atoms with Crippen LogP contribution in [0.5, 0.6) is 0 Å². The average Bonchev–Trinajstić information content (AvgIpc) is 2.99. The van der Waals surface area contributed by atoms with Crippen molar-refractivity contribution in [2.75, 3.05) is 19.4 Å². The summed E-state index contributed by atoms with van der Waals surface area (Å²) in [6, 6.07) is 4.51. The van der Waals surface area contributed by atoms with Crippen LogP contribution in [-0.4, -0.2) is 43.6 Å². The van der Waals surface area contributed by atoms with Crippen molar-refractivity contribution in [1.82, 2.24) is 9.29 Å². The lowest BCUT2D eigenvalue weighted by atomic mass is 10.1. The number of primary amides is 1.